The molecule has 0 saturated carbocycles. The second kappa shape index (κ2) is 8.73. The van der Waals surface area contributed by atoms with E-state index in [-0.39, 0.29) is 17.0 Å². The molecule has 0 aliphatic rings. The first-order chi connectivity index (χ1) is 13.1. The number of amides is 1. The number of alkyl halides is 5. The Balaban J connectivity index is 2.24. The summed E-state index contributed by atoms with van der Waals surface area (Å²) in [5.41, 5.74) is -0.356. The molecule has 2 rings (SSSR count). The Kier molecular flexibility index (Phi) is 6.61. The zero-order valence-electron chi connectivity index (χ0n) is 14.9. The van der Waals surface area contributed by atoms with E-state index in [1.54, 1.807) is 25.1 Å². The maximum absolute atomic E-state index is 12.9. The van der Waals surface area contributed by atoms with Gasteiger partial charge in [-0.2, -0.15) is 22.0 Å². The molecule has 0 spiro atoms. The van der Waals surface area contributed by atoms with E-state index in [2.05, 4.69) is 10.1 Å². The first kappa shape index (κ1) is 21.2. The van der Waals surface area contributed by atoms with Crippen LogP contribution in [0.1, 0.15) is 11.1 Å². The molecule has 0 aromatic heterocycles. The average Bonchev–Trinajstić information content (AvgIpc) is 2.59. The van der Waals surface area contributed by atoms with Crippen LogP contribution in [0.5, 0.6) is 5.75 Å². The van der Waals surface area contributed by atoms with Crippen LogP contribution in [0.4, 0.5) is 33.3 Å². The lowest BCUT2D eigenvalue weighted by atomic mass is 10.1. The van der Waals surface area contributed by atoms with Crippen LogP contribution >= 0.6 is 0 Å². The molecule has 2 aromatic carbocycles. The molecule has 1 amide bonds. The molecule has 2 aromatic rings. The standard InChI is InChI=1S/C19H17F5N2O2/c1-26(2)15-9-8-13(19(22,23)24)11-14(15)25-17(27)10-7-12-5-3-4-6-16(12)28-18(20)21/h3-11,18H,1-2H3,(H,25,27)/b10-7+. The lowest BCUT2D eigenvalue weighted by molar-refractivity contribution is -0.137. The van der Waals surface area contributed by atoms with E-state index < -0.39 is 24.3 Å². The molecule has 0 atom stereocenters. The van der Waals surface area contributed by atoms with Gasteiger partial charge >= 0.3 is 12.8 Å². The van der Waals surface area contributed by atoms with Crippen molar-refractivity contribution in [1.29, 1.82) is 0 Å². The van der Waals surface area contributed by atoms with Crippen molar-refractivity contribution in [2.24, 2.45) is 0 Å². The van der Waals surface area contributed by atoms with Crippen LogP contribution in [0.3, 0.4) is 0 Å². The fourth-order valence-electron chi connectivity index (χ4n) is 2.36. The van der Waals surface area contributed by atoms with Crippen molar-refractivity contribution in [2.75, 3.05) is 24.3 Å². The van der Waals surface area contributed by atoms with Gasteiger partial charge < -0.3 is 15.0 Å². The lowest BCUT2D eigenvalue weighted by Crippen LogP contribution is -2.16. The second-order valence-electron chi connectivity index (χ2n) is 5.86. The van der Waals surface area contributed by atoms with Crippen LogP contribution < -0.4 is 15.0 Å². The normalized spacial score (nSPS) is 11.7. The molecule has 0 unspecified atom stereocenters. The Morgan fingerprint density at radius 3 is 2.43 bits per heavy atom. The van der Waals surface area contributed by atoms with Gasteiger partial charge in [-0.3, -0.25) is 4.79 Å². The molecule has 0 fully saturated rings. The Morgan fingerprint density at radius 1 is 1.14 bits per heavy atom. The number of hydrogen-bond donors (Lipinski definition) is 1. The highest BCUT2D eigenvalue weighted by Gasteiger charge is 2.31. The summed E-state index contributed by atoms with van der Waals surface area (Å²) < 4.78 is 68.0. The number of para-hydroxylation sites is 1. The van der Waals surface area contributed by atoms with Crippen molar-refractivity contribution in [3.8, 4) is 5.75 Å². The zero-order valence-corrected chi connectivity index (χ0v) is 14.9. The fourth-order valence-corrected chi connectivity index (χ4v) is 2.36. The van der Waals surface area contributed by atoms with Gasteiger partial charge in [-0.25, -0.2) is 0 Å². The van der Waals surface area contributed by atoms with Gasteiger partial charge in [0.25, 0.3) is 0 Å². The number of carbonyl (C=O) groups excluding carboxylic acids is 1. The summed E-state index contributed by atoms with van der Waals surface area (Å²) in [7, 11) is 3.23. The highest BCUT2D eigenvalue weighted by molar-refractivity contribution is 6.04. The van der Waals surface area contributed by atoms with E-state index in [0.29, 0.717) is 5.69 Å². The quantitative estimate of drug-likeness (QED) is 0.547. The van der Waals surface area contributed by atoms with Crippen LogP contribution in [0.25, 0.3) is 6.08 Å². The van der Waals surface area contributed by atoms with E-state index in [9.17, 15) is 26.7 Å². The Labute approximate surface area is 158 Å². The van der Waals surface area contributed by atoms with Gasteiger partial charge in [0, 0.05) is 25.7 Å². The SMILES string of the molecule is CN(C)c1ccc(C(F)(F)F)cc1NC(=O)/C=C/c1ccccc1OC(F)F. The number of nitrogens with one attached hydrogen (secondary N) is 1. The first-order valence-corrected chi connectivity index (χ1v) is 7.99. The zero-order chi connectivity index (χ0) is 20.9. The van der Waals surface area contributed by atoms with Crippen molar-refractivity contribution in [3.05, 3.63) is 59.7 Å². The van der Waals surface area contributed by atoms with Crippen molar-refractivity contribution >= 4 is 23.4 Å². The number of halogens is 5. The molecule has 0 bridgehead atoms. The number of ether oxygens (including phenoxy) is 1. The molecule has 0 aliphatic heterocycles. The van der Waals surface area contributed by atoms with E-state index in [0.717, 1.165) is 18.2 Å². The third-order valence-electron chi connectivity index (χ3n) is 3.61. The van der Waals surface area contributed by atoms with E-state index in [1.165, 1.54) is 30.3 Å². The Morgan fingerprint density at radius 2 is 1.82 bits per heavy atom. The van der Waals surface area contributed by atoms with Gasteiger partial charge in [0.05, 0.1) is 16.9 Å². The molecule has 1 N–H and O–H groups in total. The fraction of sp³-hybridized carbons (Fsp3) is 0.211. The molecular weight excluding hydrogens is 383 g/mol. The number of benzene rings is 2. The number of hydrogen-bond acceptors (Lipinski definition) is 3. The highest BCUT2D eigenvalue weighted by Crippen LogP contribution is 2.35. The van der Waals surface area contributed by atoms with E-state index >= 15 is 0 Å². The van der Waals surface area contributed by atoms with Crippen LogP contribution in [0.15, 0.2) is 48.5 Å². The van der Waals surface area contributed by atoms with E-state index in [1.807, 2.05) is 0 Å². The summed E-state index contributed by atoms with van der Waals surface area (Å²) in [5.74, 6) is -0.858. The number of carbonyl (C=O) groups is 1. The Bertz CT molecular complexity index is 864. The summed E-state index contributed by atoms with van der Waals surface area (Å²) in [6.45, 7) is -3.03. The Hall–Kier alpha value is -3.10. The maximum atomic E-state index is 12.9. The average molecular weight is 400 g/mol. The summed E-state index contributed by atoms with van der Waals surface area (Å²) >= 11 is 0. The van der Waals surface area contributed by atoms with Crippen LogP contribution in [0.2, 0.25) is 0 Å². The minimum Gasteiger partial charge on any atom is -0.434 e. The van der Waals surface area contributed by atoms with Crippen LogP contribution in [-0.4, -0.2) is 26.6 Å². The van der Waals surface area contributed by atoms with Gasteiger partial charge in [0.2, 0.25) is 5.91 Å². The first-order valence-electron chi connectivity index (χ1n) is 7.99. The number of nitrogens with zero attached hydrogens (tertiary/aromatic N) is 1. The van der Waals surface area contributed by atoms with Crippen molar-refractivity contribution in [3.63, 3.8) is 0 Å². The summed E-state index contributed by atoms with van der Waals surface area (Å²) in [4.78, 5) is 13.7. The molecule has 0 saturated heterocycles. The van der Waals surface area contributed by atoms with Gasteiger partial charge in [-0.1, -0.05) is 18.2 Å². The lowest BCUT2D eigenvalue weighted by Gasteiger charge is -2.19. The van der Waals surface area contributed by atoms with Gasteiger partial charge in [-0.05, 0) is 30.3 Å². The monoisotopic (exact) mass is 400 g/mol. The predicted molar refractivity (Wildman–Crippen MR) is 96.5 cm³/mol. The van der Waals surface area contributed by atoms with Gasteiger partial charge in [0.15, 0.2) is 0 Å². The molecular formula is C19H17F5N2O2. The molecule has 28 heavy (non-hydrogen) atoms. The summed E-state index contributed by atoms with van der Waals surface area (Å²) in [6.07, 6.45) is -2.31. The second-order valence-corrected chi connectivity index (χ2v) is 5.86. The topological polar surface area (TPSA) is 41.6 Å². The largest absolute Gasteiger partial charge is 0.434 e. The van der Waals surface area contributed by atoms with Crippen molar-refractivity contribution in [1.82, 2.24) is 0 Å². The summed E-state index contributed by atoms with van der Waals surface area (Å²) in [5, 5.41) is 2.38. The molecule has 0 aliphatic carbocycles. The summed E-state index contributed by atoms with van der Waals surface area (Å²) in [6, 6.07) is 8.80. The van der Waals surface area contributed by atoms with Crippen molar-refractivity contribution in [2.45, 2.75) is 12.8 Å². The maximum Gasteiger partial charge on any atom is 0.416 e. The molecule has 4 nitrogen and oxygen atoms in total. The predicted octanol–water partition coefficient (Wildman–Crippen LogP) is 5.02. The smallest absolute Gasteiger partial charge is 0.416 e. The third kappa shape index (κ3) is 5.70. The molecule has 0 heterocycles. The minimum atomic E-state index is -4.56. The van der Waals surface area contributed by atoms with Gasteiger partial charge in [0.1, 0.15) is 5.75 Å². The van der Waals surface area contributed by atoms with Crippen molar-refractivity contribution < 1.29 is 31.5 Å². The third-order valence-corrected chi connectivity index (χ3v) is 3.61. The highest BCUT2D eigenvalue weighted by atomic mass is 19.4. The van der Waals surface area contributed by atoms with E-state index in [4.69, 9.17) is 0 Å². The van der Waals surface area contributed by atoms with Gasteiger partial charge in [-0.15, -0.1) is 0 Å². The van der Waals surface area contributed by atoms with Crippen LogP contribution in [-0.2, 0) is 11.0 Å². The number of rotatable bonds is 6. The minimum absolute atomic E-state index is 0.0356. The number of anilines is 2. The molecule has 150 valence electrons. The molecule has 9 heteroatoms. The van der Waals surface area contributed by atoms with Crippen LogP contribution in [0, 0.1) is 0 Å². The molecule has 0 radical (unpaired) electrons.